The molecule has 0 spiro atoms. The number of methoxy groups -OCH3 is 1. The van der Waals surface area contributed by atoms with Crippen molar-refractivity contribution in [3.05, 3.63) is 34.9 Å². The molecular formula is C18H27ClN2O3. The highest BCUT2D eigenvalue weighted by Gasteiger charge is 2.37. The van der Waals surface area contributed by atoms with Gasteiger partial charge in [0.25, 0.3) is 5.91 Å². The van der Waals surface area contributed by atoms with Crippen LogP contribution >= 0.6 is 11.6 Å². The molecule has 1 amide bonds. The van der Waals surface area contributed by atoms with Crippen LogP contribution in [0.25, 0.3) is 0 Å². The number of nitrogens with one attached hydrogen (secondary N) is 1. The maximum Gasteiger partial charge on any atom is 0.256 e. The van der Waals surface area contributed by atoms with Gasteiger partial charge in [-0.3, -0.25) is 9.69 Å². The Balaban J connectivity index is 1.99. The highest BCUT2D eigenvalue weighted by molar-refractivity contribution is 6.30. The molecule has 0 unspecified atom stereocenters. The van der Waals surface area contributed by atoms with Crippen molar-refractivity contribution in [2.45, 2.75) is 37.8 Å². The molecule has 1 heterocycles. The number of hydrogen-bond acceptors (Lipinski definition) is 4. The molecule has 1 aliphatic rings. The molecule has 0 saturated carbocycles. The minimum Gasteiger partial charge on any atom is -0.383 e. The van der Waals surface area contributed by atoms with Gasteiger partial charge in [-0.2, -0.15) is 0 Å². The van der Waals surface area contributed by atoms with Crippen LogP contribution in [0.1, 0.15) is 31.7 Å². The van der Waals surface area contributed by atoms with E-state index in [-0.39, 0.29) is 12.3 Å². The second-order valence-corrected chi connectivity index (χ2v) is 6.70. The van der Waals surface area contributed by atoms with Gasteiger partial charge in [-0.25, -0.2) is 0 Å². The van der Waals surface area contributed by atoms with E-state index in [0.29, 0.717) is 29.8 Å². The Morgan fingerprint density at radius 1 is 1.54 bits per heavy atom. The molecule has 24 heavy (non-hydrogen) atoms. The molecule has 1 saturated heterocycles. The predicted molar refractivity (Wildman–Crippen MR) is 95.1 cm³/mol. The Labute approximate surface area is 148 Å². The van der Waals surface area contributed by atoms with Gasteiger partial charge in [-0.15, -0.1) is 0 Å². The average Bonchev–Trinajstić information content (AvgIpc) is 3.04. The molecule has 2 rings (SSSR count). The van der Waals surface area contributed by atoms with Crippen molar-refractivity contribution in [3.8, 4) is 0 Å². The molecular weight excluding hydrogens is 328 g/mol. The van der Waals surface area contributed by atoms with Crippen LogP contribution in [0.5, 0.6) is 0 Å². The number of amides is 1. The number of nitrogens with zero attached hydrogens (tertiary/aromatic N) is 1. The summed E-state index contributed by atoms with van der Waals surface area (Å²) in [5, 5.41) is 14.3. The monoisotopic (exact) mass is 354 g/mol. The van der Waals surface area contributed by atoms with E-state index >= 15 is 0 Å². The van der Waals surface area contributed by atoms with Crippen molar-refractivity contribution in [2.75, 3.05) is 33.4 Å². The van der Waals surface area contributed by atoms with Gasteiger partial charge in [-0.05, 0) is 43.5 Å². The second kappa shape index (κ2) is 8.81. The first kappa shape index (κ1) is 19.2. The summed E-state index contributed by atoms with van der Waals surface area (Å²) in [6.45, 7) is 4.90. The van der Waals surface area contributed by atoms with Gasteiger partial charge in [0.2, 0.25) is 0 Å². The minimum absolute atomic E-state index is 0.289. The summed E-state index contributed by atoms with van der Waals surface area (Å²) >= 11 is 6.00. The Morgan fingerprint density at radius 3 is 3.00 bits per heavy atom. The van der Waals surface area contributed by atoms with Crippen molar-refractivity contribution in [2.24, 2.45) is 0 Å². The summed E-state index contributed by atoms with van der Waals surface area (Å²) in [6, 6.07) is 7.14. The van der Waals surface area contributed by atoms with E-state index in [9.17, 15) is 9.90 Å². The van der Waals surface area contributed by atoms with Gasteiger partial charge < -0.3 is 15.2 Å². The Hall–Kier alpha value is -1.14. The van der Waals surface area contributed by atoms with Crippen LogP contribution in [-0.2, 0) is 15.1 Å². The number of benzene rings is 1. The van der Waals surface area contributed by atoms with E-state index in [4.69, 9.17) is 16.3 Å². The van der Waals surface area contributed by atoms with Crippen molar-refractivity contribution < 1.29 is 14.6 Å². The van der Waals surface area contributed by atoms with Crippen molar-refractivity contribution in [3.63, 3.8) is 0 Å². The van der Waals surface area contributed by atoms with Crippen LogP contribution in [0.4, 0.5) is 0 Å². The topological polar surface area (TPSA) is 61.8 Å². The highest BCUT2D eigenvalue weighted by Crippen LogP contribution is 2.27. The second-order valence-electron chi connectivity index (χ2n) is 6.26. The molecule has 0 radical (unpaired) electrons. The molecule has 0 aromatic heterocycles. The van der Waals surface area contributed by atoms with Crippen LogP contribution in [0.2, 0.25) is 5.02 Å². The Bertz CT molecular complexity index is 555. The molecule has 134 valence electrons. The van der Waals surface area contributed by atoms with Crippen LogP contribution < -0.4 is 5.32 Å². The predicted octanol–water partition coefficient (Wildman–Crippen LogP) is 2.16. The highest BCUT2D eigenvalue weighted by atomic mass is 35.5. The smallest absolute Gasteiger partial charge is 0.256 e. The van der Waals surface area contributed by atoms with E-state index in [1.807, 2.05) is 0 Å². The standard InChI is InChI=1S/C18H27ClN2O3/c1-3-18(23,14-6-4-7-15(19)12-14)17(22)20-13-16-8-5-9-21(16)10-11-24-2/h4,6-7,12,16,23H,3,5,8-11,13H2,1-2H3,(H,20,22)/t16-,18-/m1/s1. The SMILES string of the molecule is CC[C@](O)(C(=O)NC[C@H]1CCCN1CCOC)c1cccc(Cl)c1. The van der Waals surface area contributed by atoms with E-state index in [0.717, 1.165) is 25.9 Å². The van der Waals surface area contributed by atoms with Gasteiger partial charge in [-0.1, -0.05) is 30.7 Å². The average molecular weight is 355 g/mol. The molecule has 1 aromatic carbocycles. The lowest BCUT2D eigenvalue weighted by Crippen LogP contribution is -2.48. The zero-order valence-corrected chi connectivity index (χ0v) is 15.2. The first-order chi connectivity index (χ1) is 11.5. The van der Waals surface area contributed by atoms with Gasteiger partial charge in [0.15, 0.2) is 5.60 Å². The fourth-order valence-corrected chi connectivity index (χ4v) is 3.42. The number of halogens is 1. The molecule has 6 heteroatoms. The summed E-state index contributed by atoms with van der Waals surface area (Å²) in [6.07, 6.45) is 2.46. The van der Waals surface area contributed by atoms with E-state index in [1.54, 1.807) is 38.3 Å². The third-order valence-electron chi connectivity index (χ3n) is 4.77. The molecule has 2 atom stereocenters. The Morgan fingerprint density at radius 2 is 2.33 bits per heavy atom. The molecule has 1 aromatic rings. The quantitative estimate of drug-likeness (QED) is 0.751. The van der Waals surface area contributed by atoms with Crippen LogP contribution in [0.15, 0.2) is 24.3 Å². The van der Waals surface area contributed by atoms with Crippen molar-refractivity contribution in [1.29, 1.82) is 0 Å². The lowest BCUT2D eigenvalue weighted by molar-refractivity contribution is -0.141. The summed E-state index contributed by atoms with van der Waals surface area (Å²) in [5.41, 5.74) is -1.03. The molecule has 1 aliphatic heterocycles. The van der Waals surface area contributed by atoms with E-state index in [1.165, 1.54) is 0 Å². The number of rotatable bonds is 8. The maximum atomic E-state index is 12.6. The first-order valence-corrected chi connectivity index (χ1v) is 8.88. The van der Waals surface area contributed by atoms with Gasteiger partial charge in [0.05, 0.1) is 6.61 Å². The molecule has 0 aliphatic carbocycles. The number of ether oxygens (including phenoxy) is 1. The summed E-state index contributed by atoms with van der Waals surface area (Å²) in [7, 11) is 1.69. The zero-order valence-electron chi connectivity index (χ0n) is 14.4. The van der Waals surface area contributed by atoms with Gasteiger partial charge >= 0.3 is 0 Å². The molecule has 5 nitrogen and oxygen atoms in total. The molecule has 2 N–H and O–H groups in total. The zero-order chi connectivity index (χ0) is 17.6. The number of aliphatic hydroxyl groups is 1. The lowest BCUT2D eigenvalue weighted by Gasteiger charge is -2.29. The molecule has 1 fully saturated rings. The third kappa shape index (κ3) is 4.48. The van der Waals surface area contributed by atoms with E-state index < -0.39 is 5.60 Å². The van der Waals surface area contributed by atoms with Crippen LogP contribution in [0.3, 0.4) is 0 Å². The molecule has 0 bridgehead atoms. The number of carbonyl (C=O) groups is 1. The Kier molecular flexibility index (Phi) is 7.04. The summed E-state index contributed by atoms with van der Waals surface area (Å²) in [5.74, 6) is -0.370. The van der Waals surface area contributed by atoms with Crippen molar-refractivity contribution in [1.82, 2.24) is 10.2 Å². The summed E-state index contributed by atoms with van der Waals surface area (Å²) < 4.78 is 5.14. The third-order valence-corrected chi connectivity index (χ3v) is 5.00. The number of carbonyl (C=O) groups excluding carboxylic acids is 1. The van der Waals surface area contributed by atoms with E-state index in [2.05, 4.69) is 10.2 Å². The first-order valence-electron chi connectivity index (χ1n) is 8.51. The minimum atomic E-state index is -1.55. The fraction of sp³-hybridized carbons (Fsp3) is 0.611. The largest absolute Gasteiger partial charge is 0.383 e. The van der Waals surface area contributed by atoms with Crippen LogP contribution in [-0.4, -0.2) is 55.3 Å². The normalized spacial score (nSPS) is 20.8. The number of hydrogen-bond donors (Lipinski definition) is 2. The maximum absolute atomic E-state index is 12.6. The lowest BCUT2D eigenvalue weighted by atomic mass is 9.90. The summed E-state index contributed by atoms with van der Waals surface area (Å²) in [4.78, 5) is 15.0. The number of likely N-dealkylation sites (tertiary alicyclic amines) is 1. The van der Waals surface area contributed by atoms with Gasteiger partial charge in [0.1, 0.15) is 0 Å². The fourth-order valence-electron chi connectivity index (χ4n) is 3.23. The van der Waals surface area contributed by atoms with Crippen LogP contribution in [0, 0.1) is 0 Å². The van der Waals surface area contributed by atoms with Crippen molar-refractivity contribution >= 4 is 17.5 Å². The van der Waals surface area contributed by atoms with Gasteiger partial charge in [0, 0.05) is 31.3 Å².